The summed E-state index contributed by atoms with van der Waals surface area (Å²) in [6, 6.07) is 9.83. The summed E-state index contributed by atoms with van der Waals surface area (Å²) in [5.74, 6) is -1.48. The van der Waals surface area contributed by atoms with E-state index in [1.165, 1.54) is 12.1 Å². The van der Waals surface area contributed by atoms with Crippen molar-refractivity contribution in [1.82, 2.24) is 15.6 Å². The molecule has 2 heterocycles. The number of halogens is 2. The van der Waals surface area contributed by atoms with Crippen LogP contribution < -0.4 is 10.6 Å². The van der Waals surface area contributed by atoms with Crippen molar-refractivity contribution in [2.75, 3.05) is 6.54 Å². The summed E-state index contributed by atoms with van der Waals surface area (Å²) in [7, 11) is 0. The standard InChI is InChI=1S/C22H18F2N4O2/c23-14-3-1-13(2-4-14)20-15(5-6-19(29)27-18-7-8-26-22(18)30)16-9-12(11-25)10-17(24)21(16)28-20/h1-4,9-10,18,28H,5-8H2,(H,26,30)(H,27,29)/t18-/m0/s1. The maximum Gasteiger partial charge on any atom is 0.242 e. The summed E-state index contributed by atoms with van der Waals surface area (Å²) in [6.45, 7) is 0.525. The highest BCUT2D eigenvalue weighted by Gasteiger charge is 2.26. The fourth-order valence-electron chi connectivity index (χ4n) is 3.73. The molecule has 2 amide bonds. The minimum absolute atomic E-state index is 0.0727. The number of aromatic nitrogens is 1. The second-order valence-electron chi connectivity index (χ2n) is 7.18. The average molecular weight is 408 g/mol. The number of amides is 2. The minimum atomic E-state index is -0.578. The van der Waals surface area contributed by atoms with E-state index < -0.39 is 17.7 Å². The molecule has 1 aliphatic heterocycles. The lowest BCUT2D eigenvalue weighted by Crippen LogP contribution is -2.40. The smallest absolute Gasteiger partial charge is 0.242 e. The number of fused-ring (bicyclic) bond motifs is 1. The lowest BCUT2D eigenvalue weighted by molar-refractivity contribution is -0.127. The van der Waals surface area contributed by atoms with Gasteiger partial charge in [0.05, 0.1) is 17.1 Å². The van der Waals surface area contributed by atoms with Crippen LogP contribution in [0.2, 0.25) is 0 Å². The number of hydrogen-bond acceptors (Lipinski definition) is 3. The van der Waals surface area contributed by atoms with E-state index in [4.69, 9.17) is 0 Å². The molecular weight excluding hydrogens is 390 g/mol. The third-order valence-electron chi connectivity index (χ3n) is 5.22. The Morgan fingerprint density at radius 3 is 2.67 bits per heavy atom. The first-order chi connectivity index (χ1) is 14.5. The molecule has 1 aliphatic rings. The van der Waals surface area contributed by atoms with E-state index in [1.807, 2.05) is 6.07 Å². The van der Waals surface area contributed by atoms with E-state index >= 15 is 0 Å². The average Bonchev–Trinajstić information content (AvgIpc) is 3.30. The predicted octanol–water partition coefficient (Wildman–Crippen LogP) is 2.92. The fraction of sp³-hybridized carbons (Fsp3) is 0.227. The predicted molar refractivity (Wildman–Crippen MR) is 106 cm³/mol. The number of nitrogens with zero attached hydrogens (tertiary/aromatic N) is 1. The van der Waals surface area contributed by atoms with Crippen LogP contribution in [0, 0.1) is 23.0 Å². The molecule has 4 rings (SSSR count). The number of benzene rings is 2. The third-order valence-corrected chi connectivity index (χ3v) is 5.22. The van der Waals surface area contributed by atoms with Crippen LogP contribution in [0.15, 0.2) is 36.4 Å². The summed E-state index contributed by atoms with van der Waals surface area (Å²) in [5, 5.41) is 15.1. The zero-order chi connectivity index (χ0) is 21.3. The number of carbonyl (C=O) groups excluding carboxylic acids is 2. The van der Waals surface area contributed by atoms with Gasteiger partial charge >= 0.3 is 0 Å². The molecule has 2 aromatic carbocycles. The number of carbonyl (C=O) groups is 2. The molecule has 6 nitrogen and oxygen atoms in total. The van der Waals surface area contributed by atoms with Gasteiger partial charge in [0.1, 0.15) is 17.7 Å². The number of aromatic amines is 1. The number of rotatable bonds is 5. The zero-order valence-electron chi connectivity index (χ0n) is 15.9. The maximum atomic E-state index is 14.6. The van der Waals surface area contributed by atoms with Gasteiger partial charge in [-0.1, -0.05) is 0 Å². The van der Waals surface area contributed by atoms with Crippen LogP contribution in [0.5, 0.6) is 0 Å². The van der Waals surface area contributed by atoms with Crippen LogP contribution in [0.3, 0.4) is 0 Å². The molecule has 1 atom stereocenters. The van der Waals surface area contributed by atoms with Crippen molar-refractivity contribution in [3.63, 3.8) is 0 Å². The molecule has 0 unspecified atom stereocenters. The molecule has 152 valence electrons. The van der Waals surface area contributed by atoms with E-state index in [-0.39, 0.29) is 35.7 Å². The Balaban J connectivity index is 1.68. The molecule has 8 heteroatoms. The number of hydrogen-bond donors (Lipinski definition) is 3. The largest absolute Gasteiger partial charge is 0.354 e. The Labute approximate surface area is 170 Å². The van der Waals surface area contributed by atoms with Gasteiger partial charge in [0.15, 0.2) is 0 Å². The molecule has 1 fully saturated rings. The molecule has 3 aromatic rings. The van der Waals surface area contributed by atoms with Gasteiger partial charge in [-0.05, 0) is 60.4 Å². The van der Waals surface area contributed by atoms with Crippen LogP contribution >= 0.6 is 0 Å². The van der Waals surface area contributed by atoms with Crippen molar-refractivity contribution in [2.45, 2.75) is 25.3 Å². The van der Waals surface area contributed by atoms with Gasteiger partial charge in [0.25, 0.3) is 0 Å². The van der Waals surface area contributed by atoms with Crippen molar-refractivity contribution < 1.29 is 18.4 Å². The summed E-state index contributed by atoms with van der Waals surface area (Å²) >= 11 is 0. The lowest BCUT2D eigenvalue weighted by atomic mass is 9.99. The van der Waals surface area contributed by atoms with Crippen molar-refractivity contribution in [1.29, 1.82) is 5.26 Å². The molecule has 0 bridgehead atoms. The van der Waals surface area contributed by atoms with E-state index in [0.717, 1.165) is 6.07 Å². The summed E-state index contributed by atoms with van der Waals surface area (Å²) in [4.78, 5) is 27.1. The van der Waals surface area contributed by atoms with Crippen molar-refractivity contribution in [3.05, 3.63) is 59.2 Å². The van der Waals surface area contributed by atoms with Gasteiger partial charge < -0.3 is 15.6 Å². The summed E-state index contributed by atoms with van der Waals surface area (Å²) in [5.41, 5.74) is 2.23. The van der Waals surface area contributed by atoms with E-state index in [2.05, 4.69) is 15.6 Å². The van der Waals surface area contributed by atoms with Gasteiger partial charge in [0.2, 0.25) is 11.8 Å². The van der Waals surface area contributed by atoms with Crippen molar-refractivity contribution >= 4 is 22.7 Å². The molecular formula is C22H18F2N4O2. The SMILES string of the molecule is N#Cc1cc(F)c2[nH]c(-c3ccc(F)cc3)c(CCC(=O)N[C@H]3CCNC3=O)c2c1. The highest BCUT2D eigenvalue weighted by atomic mass is 19.1. The molecule has 1 aromatic heterocycles. The zero-order valence-corrected chi connectivity index (χ0v) is 15.9. The van der Waals surface area contributed by atoms with Gasteiger partial charge in [-0.3, -0.25) is 9.59 Å². The van der Waals surface area contributed by atoms with Crippen LogP contribution in [-0.2, 0) is 16.0 Å². The molecule has 0 aliphatic carbocycles. The first kappa shape index (κ1) is 19.6. The van der Waals surface area contributed by atoms with Crippen LogP contribution in [0.4, 0.5) is 8.78 Å². The molecule has 0 spiro atoms. The van der Waals surface area contributed by atoms with Gasteiger partial charge in [-0.15, -0.1) is 0 Å². The fourth-order valence-corrected chi connectivity index (χ4v) is 3.73. The van der Waals surface area contributed by atoms with Crippen molar-refractivity contribution in [2.24, 2.45) is 0 Å². The quantitative estimate of drug-likeness (QED) is 0.605. The van der Waals surface area contributed by atoms with Gasteiger partial charge in [-0.25, -0.2) is 8.78 Å². The monoisotopic (exact) mass is 408 g/mol. The maximum absolute atomic E-state index is 14.6. The third kappa shape index (κ3) is 3.74. The van der Waals surface area contributed by atoms with Gasteiger partial charge in [0, 0.05) is 24.0 Å². The molecule has 1 saturated heterocycles. The van der Waals surface area contributed by atoms with Crippen molar-refractivity contribution in [3.8, 4) is 17.3 Å². The Bertz CT molecular complexity index is 1180. The molecule has 0 radical (unpaired) electrons. The van der Waals surface area contributed by atoms with Gasteiger partial charge in [-0.2, -0.15) is 5.26 Å². The Morgan fingerprint density at radius 1 is 1.23 bits per heavy atom. The summed E-state index contributed by atoms with van der Waals surface area (Å²) in [6.07, 6.45) is 0.861. The second kappa shape index (κ2) is 7.95. The molecule has 3 N–H and O–H groups in total. The highest BCUT2D eigenvalue weighted by molar-refractivity contribution is 5.93. The Kier molecular flexibility index (Phi) is 5.19. The number of nitrogens with one attached hydrogen (secondary N) is 3. The second-order valence-corrected chi connectivity index (χ2v) is 7.18. The summed E-state index contributed by atoms with van der Waals surface area (Å²) < 4.78 is 27.9. The van der Waals surface area contributed by atoms with Crippen LogP contribution in [-0.4, -0.2) is 29.4 Å². The Hall–Kier alpha value is -3.73. The molecule has 30 heavy (non-hydrogen) atoms. The Morgan fingerprint density at radius 2 is 2.00 bits per heavy atom. The highest BCUT2D eigenvalue weighted by Crippen LogP contribution is 2.33. The van der Waals surface area contributed by atoms with Crippen LogP contribution in [0.1, 0.15) is 24.0 Å². The number of nitriles is 1. The molecule has 0 saturated carbocycles. The topological polar surface area (TPSA) is 97.8 Å². The van der Waals surface area contributed by atoms with Crippen LogP contribution in [0.25, 0.3) is 22.2 Å². The number of H-pyrrole nitrogens is 1. The lowest BCUT2D eigenvalue weighted by Gasteiger charge is -2.10. The minimum Gasteiger partial charge on any atom is -0.354 e. The van der Waals surface area contributed by atoms with E-state index in [9.17, 15) is 23.6 Å². The first-order valence-corrected chi connectivity index (χ1v) is 9.53. The first-order valence-electron chi connectivity index (χ1n) is 9.53. The van der Waals surface area contributed by atoms with E-state index in [1.54, 1.807) is 18.2 Å². The van der Waals surface area contributed by atoms with E-state index in [0.29, 0.717) is 35.2 Å². The number of aryl methyl sites for hydroxylation is 1. The normalized spacial score (nSPS) is 15.8.